The fraction of sp³-hybridized carbons (Fsp3) is 0.143. The van der Waals surface area contributed by atoms with Crippen molar-refractivity contribution in [1.82, 2.24) is 10.3 Å². The number of hydrogen-bond acceptors (Lipinski definition) is 3. The third-order valence-electron chi connectivity index (χ3n) is 2.83. The van der Waals surface area contributed by atoms with Crippen LogP contribution in [0.25, 0.3) is 0 Å². The van der Waals surface area contributed by atoms with Crippen LogP contribution in [0.1, 0.15) is 28.9 Å². The van der Waals surface area contributed by atoms with Gasteiger partial charge in [-0.05, 0) is 36.8 Å². The number of halogens is 1. The minimum Gasteiger partial charge on any atom is -0.398 e. The molecule has 98 valence electrons. The molecule has 0 saturated heterocycles. The third-order valence-corrected chi connectivity index (χ3v) is 3.14. The summed E-state index contributed by atoms with van der Waals surface area (Å²) in [6.45, 7) is 1.89. The molecule has 5 heteroatoms. The van der Waals surface area contributed by atoms with Crippen molar-refractivity contribution in [2.45, 2.75) is 13.0 Å². The summed E-state index contributed by atoms with van der Waals surface area (Å²) in [5.74, 6) is -0.285. The van der Waals surface area contributed by atoms with E-state index in [1.165, 1.54) is 0 Å². The highest BCUT2D eigenvalue weighted by Gasteiger charge is 2.16. The van der Waals surface area contributed by atoms with Gasteiger partial charge in [-0.3, -0.25) is 9.78 Å². The fourth-order valence-corrected chi connectivity index (χ4v) is 2.05. The number of benzene rings is 1. The van der Waals surface area contributed by atoms with Gasteiger partial charge < -0.3 is 11.1 Å². The molecular formula is C14H14ClN3O. The number of nitrogens with zero attached hydrogens (tertiary/aromatic N) is 1. The van der Waals surface area contributed by atoms with Crippen LogP contribution in [-0.4, -0.2) is 10.9 Å². The van der Waals surface area contributed by atoms with Crippen molar-refractivity contribution >= 4 is 23.2 Å². The van der Waals surface area contributed by atoms with Crippen LogP contribution in [0.5, 0.6) is 0 Å². The Labute approximate surface area is 116 Å². The van der Waals surface area contributed by atoms with Crippen molar-refractivity contribution in [1.29, 1.82) is 0 Å². The van der Waals surface area contributed by atoms with Gasteiger partial charge in [-0.15, -0.1) is 0 Å². The highest BCUT2D eigenvalue weighted by atomic mass is 35.5. The summed E-state index contributed by atoms with van der Waals surface area (Å²) < 4.78 is 0. The molecule has 1 aromatic carbocycles. The van der Waals surface area contributed by atoms with E-state index >= 15 is 0 Å². The van der Waals surface area contributed by atoms with E-state index < -0.39 is 0 Å². The van der Waals surface area contributed by atoms with Crippen LogP contribution in [0.15, 0.2) is 42.7 Å². The summed E-state index contributed by atoms with van der Waals surface area (Å²) in [6, 6.07) is 8.55. The van der Waals surface area contributed by atoms with Crippen molar-refractivity contribution in [3.05, 3.63) is 58.9 Å². The van der Waals surface area contributed by atoms with Crippen molar-refractivity contribution in [3.63, 3.8) is 0 Å². The Balaban J connectivity index is 2.18. The Morgan fingerprint density at radius 2 is 2.00 bits per heavy atom. The number of amides is 1. The van der Waals surface area contributed by atoms with Gasteiger partial charge in [-0.1, -0.05) is 17.7 Å². The molecule has 1 unspecified atom stereocenters. The fourth-order valence-electron chi connectivity index (χ4n) is 1.78. The lowest BCUT2D eigenvalue weighted by Gasteiger charge is -2.15. The minimum absolute atomic E-state index is 0.147. The standard InChI is InChI=1S/C14H14ClN3O/c1-9(10-5-7-17-8-6-10)18-14(19)13-11(15)3-2-4-12(13)16/h2-9H,16H2,1H3,(H,18,19). The van der Waals surface area contributed by atoms with Gasteiger partial charge in [0.1, 0.15) is 0 Å². The summed E-state index contributed by atoms with van der Waals surface area (Å²) >= 11 is 6.00. The number of nitrogens with two attached hydrogens (primary N) is 1. The van der Waals surface area contributed by atoms with Crippen LogP contribution >= 0.6 is 11.6 Å². The number of carbonyl (C=O) groups is 1. The lowest BCUT2D eigenvalue weighted by atomic mass is 10.1. The van der Waals surface area contributed by atoms with E-state index in [0.29, 0.717) is 16.3 Å². The molecular weight excluding hydrogens is 262 g/mol. The molecule has 3 N–H and O–H groups in total. The summed E-state index contributed by atoms with van der Waals surface area (Å²) in [5, 5.41) is 3.21. The van der Waals surface area contributed by atoms with Gasteiger partial charge in [-0.2, -0.15) is 0 Å². The van der Waals surface area contributed by atoms with Gasteiger partial charge in [0.15, 0.2) is 0 Å². The predicted octanol–water partition coefficient (Wildman–Crippen LogP) is 2.81. The molecule has 0 fully saturated rings. The van der Waals surface area contributed by atoms with E-state index in [1.54, 1.807) is 30.6 Å². The smallest absolute Gasteiger partial charge is 0.255 e. The zero-order chi connectivity index (χ0) is 13.8. The number of carbonyl (C=O) groups excluding carboxylic acids is 1. The second-order valence-electron chi connectivity index (χ2n) is 4.18. The summed E-state index contributed by atoms with van der Waals surface area (Å²) in [7, 11) is 0. The SMILES string of the molecule is CC(NC(=O)c1c(N)cccc1Cl)c1ccncc1. The van der Waals surface area contributed by atoms with Crippen LogP contribution in [0.2, 0.25) is 5.02 Å². The van der Waals surface area contributed by atoms with Gasteiger partial charge in [0.25, 0.3) is 5.91 Å². The zero-order valence-electron chi connectivity index (χ0n) is 10.4. The molecule has 4 nitrogen and oxygen atoms in total. The molecule has 0 aliphatic carbocycles. The van der Waals surface area contributed by atoms with E-state index in [-0.39, 0.29) is 11.9 Å². The molecule has 0 radical (unpaired) electrons. The van der Waals surface area contributed by atoms with Gasteiger partial charge in [0.2, 0.25) is 0 Å². The number of nitrogen functional groups attached to an aromatic ring is 1. The lowest BCUT2D eigenvalue weighted by Crippen LogP contribution is -2.27. The normalized spacial score (nSPS) is 11.9. The summed E-state index contributed by atoms with van der Waals surface area (Å²) in [5.41, 5.74) is 7.43. The zero-order valence-corrected chi connectivity index (χ0v) is 11.2. The maximum absolute atomic E-state index is 12.2. The maximum atomic E-state index is 12.2. The van der Waals surface area contributed by atoms with Gasteiger partial charge in [0, 0.05) is 18.1 Å². The third kappa shape index (κ3) is 3.03. The molecule has 1 amide bonds. The highest BCUT2D eigenvalue weighted by molar-refractivity contribution is 6.34. The molecule has 0 aliphatic rings. The first-order valence-corrected chi connectivity index (χ1v) is 6.22. The quantitative estimate of drug-likeness (QED) is 0.847. The lowest BCUT2D eigenvalue weighted by molar-refractivity contribution is 0.0941. The number of pyridine rings is 1. The van der Waals surface area contributed by atoms with E-state index in [4.69, 9.17) is 17.3 Å². The van der Waals surface area contributed by atoms with E-state index in [0.717, 1.165) is 5.56 Å². The first kappa shape index (κ1) is 13.4. The molecule has 0 saturated carbocycles. The molecule has 1 atom stereocenters. The maximum Gasteiger partial charge on any atom is 0.255 e. The molecule has 2 rings (SSSR count). The molecule has 1 heterocycles. The second-order valence-corrected chi connectivity index (χ2v) is 4.59. The highest BCUT2D eigenvalue weighted by Crippen LogP contribution is 2.22. The Kier molecular flexibility index (Phi) is 4.02. The van der Waals surface area contributed by atoms with Crippen molar-refractivity contribution < 1.29 is 4.79 Å². The molecule has 0 spiro atoms. The van der Waals surface area contributed by atoms with Gasteiger partial charge in [0.05, 0.1) is 16.6 Å². The Bertz CT molecular complexity index is 566. The Hall–Kier alpha value is -2.07. The van der Waals surface area contributed by atoms with Crippen LogP contribution in [0, 0.1) is 0 Å². The molecule has 19 heavy (non-hydrogen) atoms. The number of aromatic nitrogens is 1. The molecule has 0 bridgehead atoms. The number of hydrogen-bond donors (Lipinski definition) is 2. The molecule has 2 aromatic rings. The average Bonchev–Trinajstić information content (AvgIpc) is 2.39. The number of anilines is 1. The second kappa shape index (κ2) is 5.71. The Morgan fingerprint density at radius 3 is 2.63 bits per heavy atom. The summed E-state index contributed by atoms with van der Waals surface area (Å²) in [6.07, 6.45) is 3.36. The van der Waals surface area contributed by atoms with Crippen LogP contribution in [0.4, 0.5) is 5.69 Å². The predicted molar refractivity (Wildman–Crippen MR) is 76.0 cm³/mol. The van der Waals surface area contributed by atoms with Gasteiger partial charge >= 0.3 is 0 Å². The molecule has 0 aliphatic heterocycles. The minimum atomic E-state index is -0.285. The van der Waals surface area contributed by atoms with Crippen molar-refractivity contribution in [2.75, 3.05) is 5.73 Å². The number of rotatable bonds is 3. The molecule has 1 aromatic heterocycles. The van der Waals surface area contributed by atoms with Crippen LogP contribution in [0.3, 0.4) is 0 Å². The topological polar surface area (TPSA) is 68.0 Å². The van der Waals surface area contributed by atoms with E-state index in [9.17, 15) is 4.79 Å². The summed E-state index contributed by atoms with van der Waals surface area (Å²) in [4.78, 5) is 16.1. The van der Waals surface area contributed by atoms with E-state index in [1.807, 2.05) is 19.1 Å². The van der Waals surface area contributed by atoms with Crippen molar-refractivity contribution in [2.24, 2.45) is 0 Å². The van der Waals surface area contributed by atoms with Crippen LogP contribution < -0.4 is 11.1 Å². The Morgan fingerprint density at radius 1 is 1.32 bits per heavy atom. The van der Waals surface area contributed by atoms with E-state index in [2.05, 4.69) is 10.3 Å². The van der Waals surface area contributed by atoms with Crippen LogP contribution in [-0.2, 0) is 0 Å². The largest absolute Gasteiger partial charge is 0.398 e. The monoisotopic (exact) mass is 275 g/mol. The van der Waals surface area contributed by atoms with Crippen molar-refractivity contribution in [3.8, 4) is 0 Å². The van der Waals surface area contributed by atoms with Gasteiger partial charge in [-0.25, -0.2) is 0 Å². The first-order chi connectivity index (χ1) is 9.09. The number of nitrogens with one attached hydrogen (secondary N) is 1. The average molecular weight is 276 g/mol. The first-order valence-electron chi connectivity index (χ1n) is 5.84.